The highest BCUT2D eigenvalue weighted by Gasteiger charge is 2.24. The van der Waals surface area contributed by atoms with Gasteiger partial charge in [0.2, 0.25) is 0 Å². The zero-order chi connectivity index (χ0) is 15.1. The number of fused-ring (bicyclic) bond motifs is 1. The van der Waals surface area contributed by atoms with Gasteiger partial charge >= 0.3 is 0 Å². The van der Waals surface area contributed by atoms with Crippen LogP contribution < -0.4 is 10.5 Å². The average molecular weight is 310 g/mol. The van der Waals surface area contributed by atoms with Crippen LogP contribution in [0, 0.1) is 18.6 Å². The van der Waals surface area contributed by atoms with Crippen molar-refractivity contribution >= 4 is 11.6 Å². The summed E-state index contributed by atoms with van der Waals surface area (Å²) in [7, 11) is 0. The van der Waals surface area contributed by atoms with E-state index in [9.17, 15) is 8.78 Å². The molecule has 3 rings (SSSR count). The highest BCUT2D eigenvalue weighted by atomic mass is 35.5. The number of ether oxygens (including phenoxy) is 1. The topological polar surface area (TPSA) is 35.2 Å². The van der Waals surface area contributed by atoms with E-state index in [0.717, 1.165) is 18.1 Å². The maximum Gasteiger partial charge on any atom is 0.131 e. The van der Waals surface area contributed by atoms with Crippen LogP contribution in [0.15, 0.2) is 24.3 Å². The summed E-state index contributed by atoms with van der Waals surface area (Å²) in [4.78, 5) is 0. The Hall–Kier alpha value is -1.65. The fourth-order valence-electron chi connectivity index (χ4n) is 2.61. The summed E-state index contributed by atoms with van der Waals surface area (Å²) in [6.45, 7) is 2.13. The number of benzene rings is 2. The SMILES string of the molecule is Cc1cc(C(N)c2cc(Cl)cc3c2OCC3)c(F)cc1F. The van der Waals surface area contributed by atoms with Crippen molar-refractivity contribution in [3.8, 4) is 5.75 Å². The Balaban J connectivity index is 2.11. The number of aryl methyl sites for hydroxylation is 1. The summed E-state index contributed by atoms with van der Waals surface area (Å²) < 4.78 is 33.0. The van der Waals surface area contributed by atoms with Gasteiger partial charge in [-0.25, -0.2) is 8.78 Å². The van der Waals surface area contributed by atoms with Crippen molar-refractivity contribution in [2.75, 3.05) is 6.61 Å². The Bertz CT molecular complexity index is 718. The fourth-order valence-corrected chi connectivity index (χ4v) is 2.86. The third-order valence-corrected chi connectivity index (χ3v) is 3.94. The zero-order valence-corrected chi connectivity index (χ0v) is 12.2. The molecule has 0 radical (unpaired) electrons. The Morgan fingerprint density at radius 3 is 2.67 bits per heavy atom. The summed E-state index contributed by atoms with van der Waals surface area (Å²) in [5.41, 5.74) is 8.35. The lowest BCUT2D eigenvalue weighted by Crippen LogP contribution is -2.15. The van der Waals surface area contributed by atoms with Crippen molar-refractivity contribution in [3.05, 3.63) is 63.2 Å². The molecule has 0 saturated heterocycles. The molecule has 1 heterocycles. The number of halogens is 3. The molecule has 2 nitrogen and oxygen atoms in total. The van der Waals surface area contributed by atoms with Gasteiger partial charge < -0.3 is 10.5 Å². The molecule has 0 amide bonds. The number of rotatable bonds is 2. The molecule has 1 unspecified atom stereocenters. The molecule has 0 spiro atoms. The summed E-state index contributed by atoms with van der Waals surface area (Å²) >= 11 is 6.09. The lowest BCUT2D eigenvalue weighted by molar-refractivity contribution is 0.352. The minimum Gasteiger partial charge on any atom is -0.493 e. The van der Waals surface area contributed by atoms with Gasteiger partial charge in [-0.15, -0.1) is 0 Å². The number of nitrogens with two attached hydrogens (primary N) is 1. The molecule has 1 aliphatic rings. The van der Waals surface area contributed by atoms with Crippen molar-refractivity contribution in [2.45, 2.75) is 19.4 Å². The van der Waals surface area contributed by atoms with Crippen LogP contribution in [-0.4, -0.2) is 6.61 Å². The molecule has 2 aromatic rings. The second-order valence-corrected chi connectivity index (χ2v) is 5.62. The third kappa shape index (κ3) is 2.49. The predicted molar refractivity (Wildman–Crippen MR) is 77.8 cm³/mol. The largest absolute Gasteiger partial charge is 0.493 e. The lowest BCUT2D eigenvalue weighted by Gasteiger charge is -2.18. The first-order valence-corrected chi connectivity index (χ1v) is 7.01. The molecule has 0 saturated carbocycles. The Kier molecular flexibility index (Phi) is 3.59. The number of hydrogen-bond donors (Lipinski definition) is 1. The normalized spacial score (nSPS) is 14.7. The summed E-state index contributed by atoms with van der Waals surface area (Å²) in [5.74, 6) is -0.596. The average Bonchev–Trinajstić information content (AvgIpc) is 2.89. The first kappa shape index (κ1) is 14.3. The van der Waals surface area contributed by atoms with E-state index >= 15 is 0 Å². The molecule has 0 fully saturated rings. The standard InChI is InChI=1S/C16H14ClF2NO/c1-8-4-11(14(19)7-13(8)18)15(20)12-6-10(17)5-9-2-3-21-16(9)12/h4-7,15H,2-3,20H2,1H3. The first-order valence-electron chi connectivity index (χ1n) is 6.63. The fraction of sp³-hybridized carbons (Fsp3) is 0.250. The molecule has 5 heteroatoms. The highest BCUT2D eigenvalue weighted by Crippen LogP contribution is 2.38. The van der Waals surface area contributed by atoms with Crippen LogP contribution in [0.3, 0.4) is 0 Å². The second kappa shape index (κ2) is 5.28. The van der Waals surface area contributed by atoms with Gasteiger partial charge in [-0.1, -0.05) is 11.6 Å². The van der Waals surface area contributed by atoms with Crippen molar-refractivity contribution in [1.29, 1.82) is 0 Å². The van der Waals surface area contributed by atoms with Crippen LogP contribution in [0.5, 0.6) is 5.75 Å². The van der Waals surface area contributed by atoms with E-state index in [1.165, 1.54) is 6.07 Å². The van der Waals surface area contributed by atoms with E-state index in [0.29, 0.717) is 28.5 Å². The molecule has 0 aromatic heterocycles. The molecule has 0 aliphatic carbocycles. The molecular weight excluding hydrogens is 296 g/mol. The van der Waals surface area contributed by atoms with E-state index < -0.39 is 17.7 Å². The monoisotopic (exact) mass is 309 g/mol. The maximum absolute atomic E-state index is 14.0. The van der Waals surface area contributed by atoms with Gasteiger partial charge in [0.25, 0.3) is 0 Å². The molecule has 0 bridgehead atoms. The molecule has 1 atom stereocenters. The Morgan fingerprint density at radius 1 is 1.14 bits per heavy atom. The molecule has 2 aromatic carbocycles. The molecule has 110 valence electrons. The van der Waals surface area contributed by atoms with Gasteiger partial charge in [-0.05, 0) is 36.2 Å². The van der Waals surface area contributed by atoms with Crippen LogP contribution in [-0.2, 0) is 6.42 Å². The van der Waals surface area contributed by atoms with E-state index in [2.05, 4.69) is 0 Å². The second-order valence-electron chi connectivity index (χ2n) is 5.18. The van der Waals surface area contributed by atoms with Crippen LogP contribution in [0.25, 0.3) is 0 Å². The van der Waals surface area contributed by atoms with Crippen molar-refractivity contribution in [1.82, 2.24) is 0 Å². The highest BCUT2D eigenvalue weighted by molar-refractivity contribution is 6.30. The summed E-state index contributed by atoms with van der Waals surface area (Å²) in [5, 5.41) is 0.531. The Morgan fingerprint density at radius 2 is 1.90 bits per heavy atom. The van der Waals surface area contributed by atoms with Crippen molar-refractivity contribution < 1.29 is 13.5 Å². The molecule has 2 N–H and O–H groups in total. The van der Waals surface area contributed by atoms with Crippen molar-refractivity contribution in [2.24, 2.45) is 5.73 Å². The molecule has 21 heavy (non-hydrogen) atoms. The van der Waals surface area contributed by atoms with E-state index in [-0.39, 0.29) is 5.56 Å². The van der Waals surface area contributed by atoms with Gasteiger partial charge in [-0.2, -0.15) is 0 Å². The predicted octanol–water partition coefficient (Wildman–Crippen LogP) is 3.91. The zero-order valence-electron chi connectivity index (χ0n) is 11.4. The van der Waals surface area contributed by atoms with Gasteiger partial charge in [-0.3, -0.25) is 0 Å². The van der Waals surface area contributed by atoms with E-state index in [1.807, 2.05) is 6.07 Å². The summed E-state index contributed by atoms with van der Waals surface area (Å²) in [6.07, 6.45) is 0.751. The van der Waals surface area contributed by atoms with Gasteiger partial charge in [0.15, 0.2) is 0 Å². The number of hydrogen-bond acceptors (Lipinski definition) is 2. The van der Waals surface area contributed by atoms with Crippen molar-refractivity contribution in [3.63, 3.8) is 0 Å². The quantitative estimate of drug-likeness (QED) is 0.913. The van der Waals surface area contributed by atoms with Gasteiger partial charge in [0, 0.05) is 28.6 Å². The van der Waals surface area contributed by atoms with E-state index in [4.69, 9.17) is 22.1 Å². The van der Waals surface area contributed by atoms with Gasteiger partial charge in [0.05, 0.1) is 12.6 Å². The van der Waals surface area contributed by atoms with Crippen LogP contribution in [0.2, 0.25) is 5.02 Å². The smallest absolute Gasteiger partial charge is 0.131 e. The van der Waals surface area contributed by atoms with Crippen LogP contribution in [0.4, 0.5) is 8.78 Å². The minimum atomic E-state index is -0.755. The summed E-state index contributed by atoms with van der Waals surface area (Å²) in [6, 6.07) is 5.03. The molecular formula is C16H14ClF2NO. The maximum atomic E-state index is 14.0. The Labute approximate surface area is 126 Å². The lowest BCUT2D eigenvalue weighted by atomic mass is 9.95. The minimum absolute atomic E-state index is 0.230. The molecule has 1 aliphatic heterocycles. The van der Waals surface area contributed by atoms with Gasteiger partial charge in [0.1, 0.15) is 17.4 Å². The van der Waals surface area contributed by atoms with Crippen LogP contribution >= 0.6 is 11.6 Å². The first-order chi connectivity index (χ1) is 9.97. The van der Waals surface area contributed by atoms with E-state index in [1.54, 1.807) is 13.0 Å². The third-order valence-electron chi connectivity index (χ3n) is 3.73. The van der Waals surface area contributed by atoms with Crippen LogP contribution in [0.1, 0.15) is 28.3 Å².